The molecule has 1 unspecified atom stereocenters. The Morgan fingerprint density at radius 3 is 2.87 bits per heavy atom. The van der Waals surface area contributed by atoms with Gasteiger partial charge in [0.05, 0.1) is 28.9 Å². The predicted octanol–water partition coefficient (Wildman–Crippen LogP) is 0.738. The van der Waals surface area contributed by atoms with Crippen LogP contribution in [-0.2, 0) is 14.9 Å². The topological polar surface area (TPSA) is 75.2 Å². The Labute approximate surface area is 94.9 Å². The number of esters is 1. The molecule has 1 heterocycles. The number of carbonyl (C=O) groups excluding carboxylic acids is 1. The zero-order valence-corrected chi connectivity index (χ0v) is 9.74. The second-order valence-corrected chi connectivity index (χ2v) is 4.53. The Hall–Kier alpha value is -0.880. The van der Waals surface area contributed by atoms with Crippen LogP contribution in [0.5, 0.6) is 0 Å². The Morgan fingerprint density at radius 1 is 1.80 bits per heavy atom. The summed E-state index contributed by atoms with van der Waals surface area (Å²) in [6, 6.07) is 0. The van der Waals surface area contributed by atoms with Crippen molar-refractivity contribution in [2.24, 2.45) is 0 Å². The molecular weight excluding hydrogens is 264 g/mol. The average Bonchev–Trinajstić information content (AvgIpc) is 2.94. The molecule has 0 saturated heterocycles. The number of carbonyl (C=O) groups is 1. The zero-order valence-electron chi connectivity index (χ0n) is 8.16. The number of nitrogens with one attached hydrogen (secondary N) is 1. The van der Waals surface area contributed by atoms with Crippen molar-refractivity contribution in [1.29, 1.82) is 0 Å². The predicted molar refractivity (Wildman–Crippen MR) is 55.2 cm³/mol. The van der Waals surface area contributed by atoms with E-state index in [1.807, 2.05) is 0 Å². The summed E-state index contributed by atoms with van der Waals surface area (Å²) in [5.41, 5.74) is 0.225. The van der Waals surface area contributed by atoms with Gasteiger partial charge >= 0.3 is 5.97 Å². The van der Waals surface area contributed by atoms with E-state index in [4.69, 9.17) is 0 Å². The lowest BCUT2D eigenvalue weighted by atomic mass is 9.95. The summed E-state index contributed by atoms with van der Waals surface area (Å²) in [6.45, 7) is 0. The first kappa shape index (κ1) is 10.6. The van der Waals surface area contributed by atoms with Crippen molar-refractivity contribution < 1.29 is 14.6 Å². The van der Waals surface area contributed by atoms with Gasteiger partial charge in [-0.2, -0.15) is 5.10 Å². The molecule has 82 valence electrons. The van der Waals surface area contributed by atoms with Crippen LogP contribution >= 0.6 is 15.9 Å². The van der Waals surface area contributed by atoms with E-state index in [9.17, 15) is 9.90 Å². The lowest BCUT2D eigenvalue weighted by molar-refractivity contribution is -0.152. The molecule has 1 aliphatic carbocycles. The van der Waals surface area contributed by atoms with Crippen molar-refractivity contribution >= 4 is 21.9 Å². The van der Waals surface area contributed by atoms with E-state index < -0.39 is 17.5 Å². The first-order chi connectivity index (χ1) is 7.12. The number of halogens is 1. The van der Waals surface area contributed by atoms with E-state index >= 15 is 0 Å². The van der Waals surface area contributed by atoms with Crippen LogP contribution in [0.4, 0.5) is 0 Å². The van der Waals surface area contributed by atoms with Crippen LogP contribution in [0.3, 0.4) is 0 Å². The molecule has 1 fully saturated rings. The van der Waals surface area contributed by atoms with Crippen LogP contribution in [0, 0.1) is 0 Å². The second kappa shape index (κ2) is 3.61. The van der Waals surface area contributed by atoms with E-state index in [0.29, 0.717) is 0 Å². The van der Waals surface area contributed by atoms with Crippen LogP contribution in [0.15, 0.2) is 10.7 Å². The molecule has 0 spiro atoms. The van der Waals surface area contributed by atoms with Gasteiger partial charge in [-0.15, -0.1) is 0 Å². The summed E-state index contributed by atoms with van der Waals surface area (Å²) in [5.74, 6) is -0.603. The lowest BCUT2D eigenvalue weighted by Crippen LogP contribution is -2.35. The lowest BCUT2D eigenvalue weighted by Gasteiger charge is -2.18. The first-order valence-corrected chi connectivity index (χ1v) is 5.36. The van der Waals surface area contributed by atoms with E-state index in [1.54, 1.807) is 6.20 Å². The largest absolute Gasteiger partial charge is 0.467 e. The molecule has 1 aromatic heterocycles. The molecule has 2 N–H and O–H groups in total. The van der Waals surface area contributed by atoms with E-state index in [0.717, 1.165) is 23.0 Å². The molecule has 0 radical (unpaired) electrons. The third-order valence-corrected chi connectivity index (χ3v) is 3.43. The fourth-order valence-electron chi connectivity index (χ4n) is 1.75. The molecule has 0 aromatic carbocycles. The summed E-state index contributed by atoms with van der Waals surface area (Å²) in [5, 5.41) is 16.5. The normalized spacial score (nSPS) is 19.7. The molecule has 0 aliphatic heterocycles. The number of hydrogen-bond acceptors (Lipinski definition) is 4. The van der Waals surface area contributed by atoms with Gasteiger partial charge in [0.2, 0.25) is 0 Å². The van der Waals surface area contributed by atoms with Crippen LogP contribution in [0.25, 0.3) is 0 Å². The number of aromatic amines is 1. The average molecular weight is 275 g/mol. The van der Waals surface area contributed by atoms with Gasteiger partial charge in [-0.3, -0.25) is 5.10 Å². The summed E-state index contributed by atoms with van der Waals surface area (Å²) < 4.78 is 5.32. The molecule has 0 bridgehead atoms. The Balaban J connectivity index is 2.28. The molecule has 6 heteroatoms. The number of aliphatic hydroxyl groups is 1. The van der Waals surface area contributed by atoms with Crippen LogP contribution < -0.4 is 0 Å². The molecule has 1 aliphatic rings. The molecule has 1 atom stereocenters. The summed E-state index contributed by atoms with van der Waals surface area (Å²) in [6.07, 6.45) is 1.99. The molecular formula is C9H11BrN2O3. The maximum absolute atomic E-state index is 11.3. The number of nitrogens with zero attached hydrogens (tertiary/aromatic N) is 1. The van der Waals surface area contributed by atoms with Crippen molar-refractivity contribution in [3.05, 3.63) is 16.4 Å². The number of methoxy groups -OCH3 is 1. The maximum Gasteiger partial charge on any atom is 0.335 e. The number of aliphatic hydroxyl groups excluding tert-OH is 1. The third kappa shape index (κ3) is 1.57. The number of H-pyrrole nitrogens is 1. The van der Waals surface area contributed by atoms with Gasteiger partial charge in [0.1, 0.15) is 0 Å². The van der Waals surface area contributed by atoms with Crippen molar-refractivity contribution in [2.75, 3.05) is 7.11 Å². The zero-order chi connectivity index (χ0) is 11.1. The first-order valence-electron chi connectivity index (χ1n) is 4.57. The fourth-order valence-corrected chi connectivity index (χ4v) is 2.34. The van der Waals surface area contributed by atoms with E-state index in [2.05, 4.69) is 30.9 Å². The van der Waals surface area contributed by atoms with Crippen LogP contribution in [-0.4, -0.2) is 34.5 Å². The molecule has 1 aromatic rings. The number of ether oxygens (including phenoxy) is 1. The highest BCUT2D eigenvalue weighted by atomic mass is 79.9. The Kier molecular flexibility index (Phi) is 2.56. The minimum absolute atomic E-state index is 0.539. The highest BCUT2D eigenvalue weighted by Crippen LogP contribution is 2.52. The van der Waals surface area contributed by atoms with Crippen LogP contribution in [0.1, 0.15) is 18.5 Å². The van der Waals surface area contributed by atoms with E-state index in [-0.39, 0.29) is 0 Å². The minimum Gasteiger partial charge on any atom is -0.467 e. The molecule has 0 amide bonds. The third-order valence-electron chi connectivity index (χ3n) is 2.83. The molecule has 1 saturated carbocycles. The Bertz CT molecular complexity index is 386. The van der Waals surface area contributed by atoms with Gasteiger partial charge in [0, 0.05) is 0 Å². The minimum atomic E-state index is -1.13. The Morgan fingerprint density at radius 2 is 2.47 bits per heavy atom. The van der Waals surface area contributed by atoms with E-state index in [1.165, 1.54) is 7.11 Å². The SMILES string of the molecule is COC(=O)C(O)C1(c2[nH]ncc2Br)CC1. The van der Waals surface area contributed by atoms with Gasteiger partial charge in [0.25, 0.3) is 0 Å². The van der Waals surface area contributed by atoms with Crippen molar-refractivity contribution in [3.8, 4) is 0 Å². The van der Waals surface area contributed by atoms with Crippen molar-refractivity contribution in [2.45, 2.75) is 24.4 Å². The fraction of sp³-hybridized carbons (Fsp3) is 0.556. The highest BCUT2D eigenvalue weighted by Gasteiger charge is 2.55. The van der Waals surface area contributed by atoms with Crippen molar-refractivity contribution in [1.82, 2.24) is 10.2 Å². The summed E-state index contributed by atoms with van der Waals surface area (Å²) >= 11 is 3.32. The number of rotatable bonds is 3. The monoisotopic (exact) mass is 274 g/mol. The molecule has 2 rings (SSSR count). The maximum atomic E-state index is 11.3. The smallest absolute Gasteiger partial charge is 0.335 e. The van der Waals surface area contributed by atoms with Crippen LogP contribution in [0.2, 0.25) is 0 Å². The number of hydrogen-bond donors (Lipinski definition) is 2. The number of aromatic nitrogens is 2. The molecule has 15 heavy (non-hydrogen) atoms. The summed E-state index contributed by atoms with van der Waals surface area (Å²) in [7, 11) is 1.27. The van der Waals surface area contributed by atoms with Crippen molar-refractivity contribution in [3.63, 3.8) is 0 Å². The molecule has 5 nitrogen and oxygen atoms in total. The van der Waals surface area contributed by atoms with Gasteiger partial charge in [0.15, 0.2) is 6.10 Å². The van der Waals surface area contributed by atoms with Gasteiger partial charge in [-0.05, 0) is 28.8 Å². The quantitative estimate of drug-likeness (QED) is 0.798. The summed E-state index contributed by atoms with van der Waals surface area (Å²) in [4.78, 5) is 11.3. The van der Waals surface area contributed by atoms with Gasteiger partial charge in [-0.25, -0.2) is 4.79 Å². The highest BCUT2D eigenvalue weighted by molar-refractivity contribution is 9.10. The van der Waals surface area contributed by atoms with Gasteiger partial charge in [-0.1, -0.05) is 0 Å². The standard InChI is InChI=1S/C9H11BrN2O3/c1-15-8(14)7(13)9(2-3-9)6-5(10)4-11-12-6/h4,7,13H,2-3H2,1H3,(H,11,12). The second-order valence-electron chi connectivity index (χ2n) is 3.67. The van der Waals surface area contributed by atoms with Gasteiger partial charge < -0.3 is 9.84 Å².